The van der Waals surface area contributed by atoms with Crippen LogP contribution in [0.25, 0.3) is 0 Å². The van der Waals surface area contributed by atoms with E-state index in [0.717, 1.165) is 12.7 Å². The van der Waals surface area contributed by atoms with E-state index in [9.17, 15) is 4.79 Å². The Morgan fingerprint density at radius 1 is 1.82 bits per heavy atom. The van der Waals surface area contributed by atoms with E-state index in [0.29, 0.717) is 11.9 Å². The van der Waals surface area contributed by atoms with E-state index in [4.69, 9.17) is 0 Å². The first-order valence-electron chi connectivity index (χ1n) is 3.64. The first-order valence-corrected chi connectivity index (χ1v) is 3.64. The van der Waals surface area contributed by atoms with Crippen LogP contribution in [-0.2, 0) is 0 Å². The van der Waals surface area contributed by atoms with Gasteiger partial charge in [-0.2, -0.15) is 0 Å². The van der Waals surface area contributed by atoms with Gasteiger partial charge in [-0.25, -0.2) is 0 Å². The van der Waals surface area contributed by atoms with E-state index in [2.05, 4.69) is 17.1 Å². The molecule has 1 unspecified atom stereocenters. The van der Waals surface area contributed by atoms with Crippen LogP contribution < -0.4 is 0 Å². The van der Waals surface area contributed by atoms with Crippen LogP contribution in [0.4, 0.5) is 0 Å². The minimum Gasteiger partial charge on any atom is -0.309 e. The number of aldehydes is 1. The summed E-state index contributed by atoms with van der Waals surface area (Å²) in [5.74, 6) is 0.402. The van der Waals surface area contributed by atoms with Crippen molar-refractivity contribution >= 4 is 6.29 Å². The molecule has 60 valence electrons. The summed E-state index contributed by atoms with van der Waals surface area (Å²) in [5, 5.41) is 7.29. The Labute approximate surface area is 65.2 Å². The number of hydrogen-bond acceptors (Lipinski definition) is 3. The van der Waals surface area contributed by atoms with E-state index in [1.165, 1.54) is 0 Å². The lowest BCUT2D eigenvalue weighted by Crippen LogP contribution is -2.06. The first-order chi connectivity index (χ1) is 5.29. The first kappa shape index (κ1) is 7.91. The molecule has 1 aromatic rings. The van der Waals surface area contributed by atoms with Crippen LogP contribution >= 0.6 is 0 Å². The molecule has 1 atom stereocenters. The Balaban J connectivity index is 2.92. The Hall–Kier alpha value is -1.19. The van der Waals surface area contributed by atoms with Crippen LogP contribution in [0, 0.1) is 0 Å². The fourth-order valence-corrected chi connectivity index (χ4v) is 0.872. The normalized spacial score (nSPS) is 12.9. The largest absolute Gasteiger partial charge is 0.309 e. The van der Waals surface area contributed by atoms with Gasteiger partial charge in [-0.1, -0.05) is 6.92 Å². The van der Waals surface area contributed by atoms with E-state index in [1.807, 2.05) is 6.92 Å². The second kappa shape index (κ2) is 3.27. The van der Waals surface area contributed by atoms with E-state index in [1.54, 1.807) is 10.9 Å². The third kappa shape index (κ3) is 1.45. The topological polar surface area (TPSA) is 47.8 Å². The fraction of sp³-hybridized carbons (Fsp3) is 0.571. The number of rotatable bonds is 3. The molecule has 0 aliphatic carbocycles. The highest BCUT2D eigenvalue weighted by Gasteiger charge is 2.06. The summed E-state index contributed by atoms with van der Waals surface area (Å²) in [6.07, 6.45) is 3.27. The maximum absolute atomic E-state index is 10.4. The zero-order valence-electron chi connectivity index (χ0n) is 6.69. The summed E-state index contributed by atoms with van der Waals surface area (Å²) in [5.41, 5.74) is 0. The molecule has 4 nitrogen and oxygen atoms in total. The zero-order chi connectivity index (χ0) is 8.27. The SMILES string of the molecule is CCC(C)n1cnnc1C=O. The summed E-state index contributed by atoms with van der Waals surface area (Å²) in [7, 11) is 0. The van der Waals surface area contributed by atoms with Crippen LogP contribution in [0.1, 0.15) is 36.9 Å². The predicted molar refractivity (Wildman–Crippen MR) is 40.4 cm³/mol. The van der Waals surface area contributed by atoms with Gasteiger partial charge in [0, 0.05) is 6.04 Å². The van der Waals surface area contributed by atoms with Crippen molar-refractivity contribution in [1.82, 2.24) is 14.8 Å². The summed E-state index contributed by atoms with van der Waals surface area (Å²) < 4.78 is 1.77. The number of carbonyl (C=O) groups is 1. The standard InChI is InChI=1S/C7H11N3O/c1-3-6(2)10-5-8-9-7(10)4-11/h4-6H,3H2,1-2H3. The lowest BCUT2D eigenvalue weighted by molar-refractivity contribution is 0.110. The average molecular weight is 153 g/mol. The van der Waals surface area contributed by atoms with Gasteiger partial charge in [-0.05, 0) is 13.3 Å². The summed E-state index contributed by atoms with van der Waals surface area (Å²) in [6.45, 7) is 4.08. The minimum atomic E-state index is 0.296. The molecule has 4 heteroatoms. The van der Waals surface area contributed by atoms with Gasteiger partial charge in [0.25, 0.3) is 0 Å². The number of carbonyl (C=O) groups excluding carboxylic acids is 1. The van der Waals surface area contributed by atoms with Gasteiger partial charge in [0.1, 0.15) is 6.33 Å². The quantitative estimate of drug-likeness (QED) is 0.610. The highest BCUT2D eigenvalue weighted by Crippen LogP contribution is 2.09. The number of aromatic nitrogens is 3. The highest BCUT2D eigenvalue weighted by molar-refractivity contribution is 5.68. The number of hydrogen-bond donors (Lipinski definition) is 0. The van der Waals surface area contributed by atoms with Crippen LogP contribution in [0.3, 0.4) is 0 Å². The molecule has 0 aromatic carbocycles. The molecular weight excluding hydrogens is 142 g/mol. The summed E-state index contributed by atoms with van der Waals surface area (Å²) in [4.78, 5) is 10.4. The van der Waals surface area contributed by atoms with Crippen molar-refractivity contribution in [3.05, 3.63) is 12.2 Å². The van der Waals surface area contributed by atoms with Gasteiger partial charge in [0.05, 0.1) is 0 Å². The Morgan fingerprint density at radius 3 is 3.09 bits per heavy atom. The maximum Gasteiger partial charge on any atom is 0.196 e. The second-order valence-corrected chi connectivity index (χ2v) is 2.47. The lowest BCUT2D eigenvalue weighted by Gasteiger charge is -2.09. The van der Waals surface area contributed by atoms with Gasteiger partial charge < -0.3 is 4.57 Å². The van der Waals surface area contributed by atoms with Gasteiger partial charge in [-0.3, -0.25) is 4.79 Å². The maximum atomic E-state index is 10.4. The second-order valence-electron chi connectivity index (χ2n) is 2.47. The van der Waals surface area contributed by atoms with E-state index < -0.39 is 0 Å². The molecule has 1 heterocycles. The molecule has 0 radical (unpaired) electrons. The Bertz CT molecular complexity index is 244. The third-order valence-electron chi connectivity index (χ3n) is 1.77. The van der Waals surface area contributed by atoms with Crippen molar-refractivity contribution in [2.45, 2.75) is 26.3 Å². The molecule has 0 saturated carbocycles. The van der Waals surface area contributed by atoms with Crippen molar-refractivity contribution < 1.29 is 4.79 Å². The molecule has 0 amide bonds. The van der Waals surface area contributed by atoms with Gasteiger partial charge in [-0.15, -0.1) is 10.2 Å². The predicted octanol–water partition coefficient (Wildman–Crippen LogP) is 1.06. The third-order valence-corrected chi connectivity index (χ3v) is 1.77. The zero-order valence-corrected chi connectivity index (χ0v) is 6.69. The molecule has 0 spiro atoms. The molecule has 0 N–H and O–H groups in total. The van der Waals surface area contributed by atoms with Crippen LogP contribution in [-0.4, -0.2) is 21.1 Å². The van der Waals surface area contributed by atoms with Crippen molar-refractivity contribution in [1.29, 1.82) is 0 Å². The van der Waals surface area contributed by atoms with E-state index in [-0.39, 0.29) is 0 Å². The molecule has 0 aliphatic heterocycles. The molecule has 0 fully saturated rings. The molecule has 0 saturated heterocycles. The molecular formula is C7H11N3O. The summed E-state index contributed by atoms with van der Waals surface area (Å²) in [6, 6.07) is 0.296. The Kier molecular flexibility index (Phi) is 2.36. The lowest BCUT2D eigenvalue weighted by atomic mass is 10.2. The number of nitrogens with zero attached hydrogens (tertiary/aromatic N) is 3. The van der Waals surface area contributed by atoms with Crippen LogP contribution in [0.5, 0.6) is 0 Å². The van der Waals surface area contributed by atoms with Gasteiger partial charge >= 0.3 is 0 Å². The van der Waals surface area contributed by atoms with Gasteiger partial charge in [0.2, 0.25) is 0 Å². The molecule has 0 bridgehead atoms. The Morgan fingerprint density at radius 2 is 2.55 bits per heavy atom. The fourth-order valence-electron chi connectivity index (χ4n) is 0.872. The average Bonchev–Trinajstić information content (AvgIpc) is 2.50. The van der Waals surface area contributed by atoms with Crippen molar-refractivity contribution in [3.8, 4) is 0 Å². The van der Waals surface area contributed by atoms with Crippen molar-refractivity contribution in [3.63, 3.8) is 0 Å². The minimum absolute atomic E-state index is 0.296. The van der Waals surface area contributed by atoms with Crippen LogP contribution in [0.2, 0.25) is 0 Å². The van der Waals surface area contributed by atoms with Crippen molar-refractivity contribution in [2.75, 3.05) is 0 Å². The monoisotopic (exact) mass is 153 g/mol. The highest BCUT2D eigenvalue weighted by atomic mass is 16.1. The van der Waals surface area contributed by atoms with Crippen LogP contribution in [0.15, 0.2) is 6.33 Å². The van der Waals surface area contributed by atoms with Gasteiger partial charge in [0.15, 0.2) is 12.1 Å². The van der Waals surface area contributed by atoms with E-state index >= 15 is 0 Å². The van der Waals surface area contributed by atoms with Crippen molar-refractivity contribution in [2.24, 2.45) is 0 Å². The smallest absolute Gasteiger partial charge is 0.196 e. The molecule has 11 heavy (non-hydrogen) atoms. The molecule has 1 aromatic heterocycles. The molecule has 1 rings (SSSR count). The summed E-state index contributed by atoms with van der Waals surface area (Å²) >= 11 is 0. The molecule has 0 aliphatic rings.